The van der Waals surface area contributed by atoms with Crippen molar-refractivity contribution in [1.82, 2.24) is 5.32 Å². The fraction of sp³-hybridized carbons (Fsp3) is 0.400. The molecule has 0 radical (unpaired) electrons. The molecule has 0 saturated carbocycles. The number of carbonyl (C=O) groups excluding carboxylic acids is 1. The van der Waals surface area contributed by atoms with Gasteiger partial charge in [0.25, 0.3) is 5.91 Å². The molecular formula is C15H20BrNO2. The Morgan fingerprint density at radius 1 is 1.47 bits per heavy atom. The molecule has 3 nitrogen and oxygen atoms in total. The van der Waals surface area contributed by atoms with Crippen LogP contribution in [0.15, 0.2) is 35.3 Å². The first-order valence-electron chi connectivity index (χ1n) is 6.15. The zero-order chi connectivity index (χ0) is 14.5. The molecule has 104 valence electrons. The normalized spacial score (nSPS) is 10.9. The van der Waals surface area contributed by atoms with Gasteiger partial charge in [0, 0.05) is 16.6 Å². The Morgan fingerprint density at radius 2 is 2.16 bits per heavy atom. The lowest BCUT2D eigenvalue weighted by molar-refractivity contribution is -0.122. The molecule has 1 amide bonds. The first-order chi connectivity index (χ1) is 8.84. The van der Waals surface area contributed by atoms with Gasteiger partial charge in [-0.2, -0.15) is 0 Å². The molecule has 1 aromatic carbocycles. The number of amides is 1. The molecule has 0 bridgehead atoms. The van der Waals surface area contributed by atoms with Crippen molar-refractivity contribution in [3.8, 4) is 5.75 Å². The van der Waals surface area contributed by atoms with Crippen molar-refractivity contribution in [2.24, 2.45) is 0 Å². The van der Waals surface area contributed by atoms with Gasteiger partial charge in [-0.25, -0.2) is 0 Å². The molecule has 19 heavy (non-hydrogen) atoms. The summed E-state index contributed by atoms with van der Waals surface area (Å²) in [5.41, 5.74) is 1.02. The topological polar surface area (TPSA) is 38.3 Å². The van der Waals surface area contributed by atoms with Gasteiger partial charge < -0.3 is 10.1 Å². The molecule has 0 saturated heterocycles. The molecule has 0 fully saturated rings. The molecule has 0 aliphatic carbocycles. The van der Waals surface area contributed by atoms with Gasteiger partial charge in [-0.15, -0.1) is 6.58 Å². The van der Waals surface area contributed by atoms with Crippen LogP contribution in [0.3, 0.4) is 0 Å². The molecule has 4 heteroatoms. The monoisotopic (exact) mass is 325 g/mol. The molecule has 0 unspecified atom stereocenters. The zero-order valence-electron chi connectivity index (χ0n) is 11.6. The molecule has 1 rings (SSSR count). The van der Waals surface area contributed by atoms with Crippen molar-refractivity contribution >= 4 is 21.8 Å². The molecule has 1 aromatic rings. The summed E-state index contributed by atoms with van der Waals surface area (Å²) in [6, 6.07) is 5.81. The van der Waals surface area contributed by atoms with Gasteiger partial charge >= 0.3 is 0 Å². The number of hydrogen-bond donors (Lipinski definition) is 1. The Hall–Kier alpha value is -1.29. The van der Waals surface area contributed by atoms with Crippen molar-refractivity contribution in [3.05, 3.63) is 40.9 Å². The number of carbonyl (C=O) groups is 1. The molecule has 0 aliphatic rings. The minimum absolute atomic E-state index is 0.0125. The second kappa shape index (κ2) is 6.75. The van der Waals surface area contributed by atoms with Crippen LogP contribution in [0.5, 0.6) is 5.75 Å². The Bertz CT molecular complexity index is 464. The van der Waals surface area contributed by atoms with Crippen molar-refractivity contribution in [2.45, 2.75) is 26.2 Å². The summed E-state index contributed by atoms with van der Waals surface area (Å²) in [6.45, 7) is 10.3. The van der Waals surface area contributed by atoms with E-state index in [1.54, 1.807) is 6.08 Å². The highest BCUT2D eigenvalue weighted by molar-refractivity contribution is 9.10. The molecule has 1 N–H and O–H groups in total. The number of ether oxygens (including phenoxy) is 1. The summed E-state index contributed by atoms with van der Waals surface area (Å²) in [5, 5.41) is 2.68. The van der Waals surface area contributed by atoms with E-state index in [0.29, 0.717) is 6.54 Å². The van der Waals surface area contributed by atoms with Crippen molar-refractivity contribution in [2.75, 3.05) is 13.2 Å². The van der Waals surface area contributed by atoms with Gasteiger partial charge in [0.15, 0.2) is 6.61 Å². The van der Waals surface area contributed by atoms with E-state index in [4.69, 9.17) is 4.74 Å². The number of hydrogen-bond acceptors (Lipinski definition) is 2. The Balaban J connectivity index is 2.78. The third-order valence-corrected chi connectivity index (χ3v) is 3.05. The van der Waals surface area contributed by atoms with E-state index in [1.165, 1.54) is 0 Å². The predicted molar refractivity (Wildman–Crippen MR) is 81.5 cm³/mol. The van der Waals surface area contributed by atoms with E-state index in [2.05, 4.69) is 48.6 Å². The molecule has 0 atom stereocenters. The molecule has 0 spiro atoms. The quantitative estimate of drug-likeness (QED) is 0.842. The van der Waals surface area contributed by atoms with Crippen LogP contribution in [0.4, 0.5) is 0 Å². The third kappa shape index (κ3) is 5.07. The number of nitrogens with one attached hydrogen (secondary N) is 1. The average Bonchev–Trinajstić information content (AvgIpc) is 2.33. The summed E-state index contributed by atoms with van der Waals surface area (Å²) in [6.07, 6.45) is 1.64. The van der Waals surface area contributed by atoms with Crippen LogP contribution in [0.25, 0.3) is 0 Å². The van der Waals surface area contributed by atoms with E-state index in [0.717, 1.165) is 15.8 Å². The largest absolute Gasteiger partial charge is 0.483 e. The van der Waals surface area contributed by atoms with Crippen molar-refractivity contribution in [1.29, 1.82) is 0 Å². The van der Waals surface area contributed by atoms with Crippen LogP contribution < -0.4 is 10.1 Å². The lowest BCUT2D eigenvalue weighted by atomic mass is 9.86. The van der Waals surface area contributed by atoms with Crippen LogP contribution >= 0.6 is 15.9 Å². The molecule has 0 heterocycles. The Morgan fingerprint density at radius 3 is 2.74 bits per heavy atom. The molecule has 0 aromatic heterocycles. The summed E-state index contributed by atoms with van der Waals surface area (Å²) < 4.78 is 6.61. The van der Waals surface area contributed by atoms with E-state index in [1.807, 2.05) is 18.2 Å². The van der Waals surface area contributed by atoms with E-state index in [9.17, 15) is 4.79 Å². The van der Waals surface area contributed by atoms with Gasteiger partial charge in [-0.05, 0) is 23.6 Å². The van der Waals surface area contributed by atoms with Gasteiger partial charge in [-0.3, -0.25) is 4.79 Å². The Labute approximate surface area is 123 Å². The minimum Gasteiger partial charge on any atom is -0.483 e. The fourth-order valence-corrected chi connectivity index (χ4v) is 1.96. The Kier molecular flexibility index (Phi) is 5.60. The van der Waals surface area contributed by atoms with Crippen molar-refractivity contribution < 1.29 is 9.53 Å². The number of rotatable bonds is 5. The summed E-state index contributed by atoms with van der Waals surface area (Å²) in [4.78, 5) is 11.5. The van der Waals surface area contributed by atoms with Gasteiger partial charge in [0.1, 0.15) is 5.75 Å². The maximum atomic E-state index is 11.5. The summed E-state index contributed by atoms with van der Waals surface area (Å²) >= 11 is 3.46. The zero-order valence-corrected chi connectivity index (χ0v) is 13.2. The van der Waals surface area contributed by atoms with Gasteiger partial charge in [-0.1, -0.05) is 42.8 Å². The standard InChI is InChI=1S/C15H20BrNO2/c1-5-8-17-14(18)10-19-13-7-6-11(16)9-12(13)15(2,3)4/h5-7,9H,1,8,10H2,2-4H3,(H,17,18). The summed E-state index contributed by atoms with van der Waals surface area (Å²) in [7, 11) is 0. The van der Waals surface area contributed by atoms with E-state index >= 15 is 0 Å². The lowest BCUT2D eigenvalue weighted by Gasteiger charge is -2.23. The lowest BCUT2D eigenvalue weighted by Crippen LogP contribution is -2.29. The van der Waals surface area contributed by atoms with Crippen molar-refractivity contribution in [3.63, 3.8) is 0 Å². The van der Waals surface area contributed by atoms with Gasteiger partial charge in [0.05, 0.1) is 0 Å². The third-order valence-electron chi connectivity index (χ3n) is 2.55. The van der Waals surface area contributed by atoms with Crippen LogP contribution in [0.2, 0.25) is 0 Å². The maximum absolute atomic E-state index is 11.5. The highest BCUT2D eigenvalue weighted by atomic mass is 79.9. The van der Waals surface area contributed by atoms with E-state index in [-0.39, 0.29) is 17.9 Å². The minimum atomic E-state index is -0.150. The highest BCUT2D eigenvalue weighted by Gasteiger charge is 2.19. The van der Waals surface area contributed by atoms with Crippen LogP contribution in [0.1, 0.15) is 26.3 Å². The van der Waals surface area contributed by atoms with Crippen LogP contribution in [-0.4, -0.2) is 19.1 Å². The van der Waals surface area contributed by atoms with E-state index < -0.39 is 0 Å². The van der Waals surface area contributed by atoms with Gasteiger partial charge in [0.2, 0.25) is 0 Å². The SMILES string of the molecule is C=CCNC(=O)COc1ccc(Br)cc1C(C)(C)C. The fourth-order valence-electron chi connectivity index (χ4n) is 1.59. The smallest absolute Gasteiger partial charge is 0.258 e. The van der Waals surface area contributed by atoms with Crippen LogP contribution in [-0.2, 0) is 10.2 Å². The van der Waals surface area contributed by atoms with Crippen LogP contribution in [0, 0.1) is 0 Å². The average molecular weight is 326 g/mol. The maximum Gasteiger partial charge on any atom is 0.258 e. The molecular weight excluding hydrogens is 306 g/mol. The summed E-state index contributed by atoms with van der Waals surface area (Å²) in [5.74, 6) is 0.590. The predicted octanol–water partition coefficient (Wildman–Crippen LogP) is 3.43. The first kappa shape index (κ1) is 15.8. The number of halogens is 1. The second-order valence-corrected chi connectivity index (χ2v) is 6.19. The highest BCUT2D eigenvalue weighted by Crippen LogP contribution is 2.33. The number of benzene rings is 1. The molecule has 0 aliphatic heterocycles. The first-order valence-corrected chi connectivity index (χ1v) is 6.94. The second-order valence-electron chi connectivity index (χ2n) is 5.27.